The predicted molar refractivity (Wildman–Crippen MR) is 70.3 cm³/mol. The molecule has 2 rings (SSSR count). The van der Waals surface area contributed by atoms with E-state index >= 15 is 0 Å². The number of aromatic carboxylic acids is 1. The van der Waals surface area contributed by atoms with E-state index in [4.69, 9.17) is 22.4 Å². The summed E-state index contributed by atoms with van der Waals surface area (Å²) in [6.45, 7) is 0.285. The smallest absolute Gasteiger partial charge is 0.358 e. The van der Waals surface area contributed by atoms with E-state index < -0.39 is 11.8 Å². The van der Waals surface area contributed by atoms with Gasteiger partial charge in [-0.05, 0) is 24.7 Å². The van der Waals surface area contributed by atoms with Crippen LogP contribution in [0.4, 0.5) is 4.39 Å². The van der Waals surface area contributed by atoms with Crippen molar-refractivity contribution in [3.8, 4) is 0 Å². The zero-order valence-corrected chi connectivity index (χ0v) is 11.1. The standard InChI is InChI=1S/C12H12ClFN4O2/c13-8-1-2-9(14)7(5-8)6-18-10(3-4-15)11(12(19)20)16-17-18/h1-2,5H,3-4,6,15H2,(H,19,20). The normalized spacial score (nSPS) is 10.8. The van der Waals surface area contributed by atoms with E-state index in [1.54, 1.807) is 0 Å². The Morgan fingerprint density at radius 1 is 1.50 bits per heavy atom. The van der Waals surface area contributed by atoms with Crippen molar-refractivity contribution in [2.24, 2.45) is 5.73 Å². The summed E-state index contributed by atoms with van der Waals surface area (Å²) in [6, 6.07) is 4.14. The lowest BCUT2D eigenvalue weighted by Gasteiger charge is -2.07. The van der Waals surface area contributed by atoms with E-state index in [0.717, 1.165) is 0 Å². The van der Waals surface area contributed by atoms with E-state index in [1.807, 2.05) is 0 Å². The molecule has 1 aromatic carbocycles. The Bertz CT molecular complexity index is 644. The molecule has 1 aromatic heterocycles. The monoisotopic (exact) mass is 298 g/mol. The summed E-state index contributed by atoms with van der Waals surface area (Å²) in [7, 11) is 0. The highest BCUT2D eigenvalue weighted by Crippen LogP contribution is 2.17. The number of carboxylic acids is 1. The number of carbonyl (C=O) groups is 1. The van der Waals surface area contributed by atoms with Crippen molar-refractivity contribution in [1.82, 2.24) is 15.0 Å². The molecule has 0 aliphatic carbocycles. The molecule has 0 fully saturated rings. The van der Waals surface area contributed by atoms with Gasteiger partial charge in [0.05, 0.1) is 12.2 Å². The SMILES string of the molecule is NCCc1c(C(=O)O)nnn1Cc1cc(Cl)ccc1F. The molecule has 0 bridgehead atoms. The van der Waals surface area contributed by atoms with E-state index in [9.17, 15) is 9.18 Å². The van der Waals surface area contributed by atoms with Crippen LogP contribution >= 0.6 is 11.6 Å². The Hall–Kier alpha value is -1.99. The maximum Gasteiger partial charge on any atom is 0.358 e. The first-order chi connectivity index (χ1) is 9.52. The Morgan fingerprint density at radius 2 is 2.25 bits per heavy atom. The van der Waals surface area contributed by atoms with E-state index in [2.05, 4.69) is 10.3 Å². The highest BCUT2D eigenvalue weighted by Gasteiger charge is 2.19. The van der Waals surface area contributed by atoms with Crippen LogP contribution in [0.25, 0.3) is 0 Å². The second-order valence-corrected chi connectivity index (χ2v) is 4.56. The first kappa shape index (κ1) is 14.4. The Kier molecular flexibility index (Phi) is 4.31. The summed E-state index contributed by atoms with van der Waals surface area (Å²) in [6.07, 6.45) is 0.289. The zero-order chi connectivity index (χ0) is 14.7. The van der Waals surface area contributed by atoms with Crippen LogP contribution in [0.1, 0.15) is 21.7 Å². The molecule has 0 aliphatic rings. The van der Waals surface area contributed by atoms with Crippen LogP contribution in [-0.2, 0) is 13.0 Å². The second-order valence-electron chi connectivity index (χ2n) is 4.12. The van der Waals surface area contributed by atoms with Crippen LogP contribution in [-0.4, -0.2) is 32.6 Å². The van der Waals surface area contributed by atoms with Crippen molar-refractivity contribution in [2.45, 2.75) is 13.0 Å². The maximum atomic E-state index is 13.7. The third-order valence-electron chi connectivity index (χ3n) is 2.75. The maximum absolute atomic E-state index is 13.7. The highest BCUT2D eigenvalue weighted by atomic mass is 35.5. The summed E-state index contributed by atoms with van der Waals surface area (Å²) >= 11 is 5.81. The minimum absolute atomic E-state index is 0.0437. The van der Waals surface area contributed by atoms with Gasteiger partial charge in [-0.1, -0.05) is 16.8 Å². The molecule has 0 radical (unpaired) electrons. The molecule has 8 heteroatoms. The fourth-order valence-electron chi connectivity index (χ4n) is 1.84. The van der Waals surface area contributed by atoms with Gasteiger partial charge >= 0.3 is 5.97 Å². The average Bonchev–Trinajstić information content (AvgIpc) is 2.78. The average molecular weight is 299 g/mol. The molecule has 6 nitrogen and oxygen atoms in total. The molecule has 1 heterocycles. The Labute approximate surface area is 119 Å². The highest BCUT2D eigenvalue weighted by molar-refractivity contribution is 6.30. The van der Waals surface area contributed by atoms with E-state index in [-0.39, 0.29) is 25.2 Å². The number of benzene rings is 1. The van der Waals surface area contributed by atoms with Crippen molar-refractivity contribution in [3.05, 3.63) is 46.0 Å². The number of nitrogens with zero attached hydrogens (tertiary/aromatic N) is 3. The summed E-state index contributed by atoms with van der Waals surface area (Å²) in [5, 5.41) is 16.7. The van der Waals surface area contributed by atoms with Crippen molar-refractivity contribution in [3.63, 3.8) is 0 Å². The molecule has 3 N–H and O–H groups in total. The van der Waals surface area contributed by atoms with Gasteiger partial charge in [-0.3, -0.25) is 0 Å². The summed E-state index contributed by atoms with van der Waals surface area (Å²) in [5.41, 5.74) is 5.94. The van der Waals surface area contributed by atoms with Gasteiger partial charge in [0.1, 0.15) is 5.82 Å². The van der Waals surface area contributed by atoms with Crippen LogP contribution in [0.5, 0.6) is 0 Å². The molecule has 0 aliphatic heterocycles. The number of hydrogen-bond donors (Lipinski definition) is 2. The quantitative estimate of drug-likeness (QED) is 0.868. The molecule has 2 aromatic rings. The van der Waals surface area contributed by atoms with Crippen LogP contribution in [0.3, 0.4) is 0 Å². The van der Waals surface area contributed by atoms with Crippen LogP contribution in [0.2, 0.25) is 5.02 Å². The number of halogens is 2. The summed E-state index contributed by atoms with van der Waals surface area (Å²) in [4.78, 5) is 11.0. The van der Waals surface area contributed by atoms with Gasteiger partial charge in [0.2, 0.25) is 0 Å². The lowest BCUT2D eigenvalue weighted by Crippen LogP contribution is -2.14. The molecule has 106 valence electrons. The van der Waals surface area contributed by atoms with Crippen LogP contribution in [0.15, 0.2) is 18.2 Å². The minimum atomic E-state index is -1.19. The molecule has 0 atom stereocenters. The summed E-state index contributed by atoms with van der Waals surface area (Å²) < 4.78 is 15.0. The number of carboxylic acid groups (broad SMARTS) is 1. The molecule has 0 saturated carbocycles. The fourth-order valence-corrected chi connectivity index (χ4v) is 2.03. The third-order valence-corrected chi connectivity index (χ3v) is 2.98. The Balaban J connectivity index is 2.38. The molecule has 0 unspecified atom stereocenters. The molecule has 0 saturated heterocycles. The predicted octanol–water partition coefficient (Wildman–Crippen LogP) is 1.32. The number of aromatic nitrogens is 3. The minimum Gasteiger partial charge on any atom is -0.476 e. The first-order valence-corrected chi connectivity index (χ1v) is 6.20. The largest absolute Gasteiger partial charge is 0.476 e. The van der Waals surface area contributed by atoms with E-state index in [1.165, 1.54) is 22.9 Å². The molecular weight excluding hydrogens is 287 g/mol. The van der Waals surface area contributed by atoms with Crippen molar-refractivity contribution in [1.29, 1.82) is 0 Å². The molecule has 0 spiro atoms. The van der Waals surface area contributed by atoms with Gasteiger partial charge in [0, 0.05) is 17.0 Å². The third kappa shape index (κ3) is 2.94. The molecule has 20 heavy (non-hydrogen) atoms. The van der Waals surface area contributed by atoms with Crippen molar-refractivity contribution >= 4 is 17.6 Å². The number of hydrogen-bond acceptors (Lipinski definition) is 4. The summed E-state index contributed by atoms with van der Waals surface area (Å²) in [5.74, 6) is -1.63. The first-order valence-electron chi connectivity index (χ1n) is 5.82. The van der Waals surface area contributed by atoms with Gasteiger partial charge in [0.25, 0.3) is 0 Å². The van der Waals surface area contributed by atoms with Gasteiger partial charge in [-0.15, -0.1) is 5.10 Å². The molecular formula is C12H12ClFN4O2. The molecule has 0 amide bonds. The van der Waals surface area contributed by atoms with Crippen molar-refractivity contribution in [2.75, 3.05) is 6.54 Å². The topological polar surface area (TPSA) is 94.0 Å². The van der Waals surface area contributed by atoms with Gasteiger partial charge in [-0.2, -0.15) is 0 Å². The Morgan fingerprint density at radius 3 is 2.90 bits per heavy atom. The van der Waals surface area contributed by atoms with Crippen LogP contribution < -0.4 is 5.73 Å². The lowest BCUT2D eigenvalue weighted by molar-refractivity contribution is 0.0689. The van der Waals surface area contributed by atoms with Gasteiger partial charge in [-0.25, -0.2) is 13.9 Å². The van der Waals surface area contributed by atoms with Crippen LogP contribution in [0, 0.1) is 5.82 Å². The van der Waals surface area contributed by atoms with E-state index in [0.29, 0.717) is 16.3 Å². The van der Waals surface area contributed by atoms with Crippen molar-refractivity contribution < 1.29 is 14.3 Å². The van der Waals surface area contributed by atoms with Gasteiger partial charge < -0.3 is 10.8 Å². The zero-order valence-electron chi connectivity index (χ0n) is 10.4. The fraction of sp³-hybridized carbons (Fsp3) is 0.250. The number of rotatable bonds is 5. The number of nitrogens with two attached hydrogens (primary N) is 1. The lowest BCUT2D eigenvalue weighted by atomic mass is 10.2. The second kappa shape index (κ2) is 5.98. The van der Waals surface area contributed by atoms with Gasteiger partial charge in [0.15, 0.2) is 5.69 Å².